The van der Waals surface area contributed by atoms with Gasteiger partial charge >= 0.3 is 0 Å². The van der Waals surface area contributed by atoms with Crippen molar-refractivity contribution in [2.75, 3.05) is 7.05 Å². The van der Waals surface area contributed by atoms with E-state index in [1.807, 2.05) is 13.1 Å². The van der Waals surface area contributed by atoms with Crippen LogP contribution < -0.4 is 5.32 Å². The molecule has 1 aromatic carbocycles. The highest BCUT2D eigenvalue weighted by atomic mass is 32.2. The Morgan fingerprint density at radius 1 is 1.38 bits per heavy atom. The van der Waals surface area contributed by atoms with E-state index in [9.17, 15) is 4.39 Å². The van der Waals surface area contributed by atoms with Crippen molar-refractivity contribution in [3.63, 3.8) is 0 Å². The van der Waals surface area contributed by atoms with Gasteiger partial charge in [-0.3, -0.25) is 0 Å². The Labute approximate surface area is 134 Å². The Hall–Kier alpha value is -0.910. The lowest BCUT2D eigenvalue weighted by atomic mass is 10.1. The molecule has 0 aliphatic rings. The number of hydrogen-bond acceptors (Lipinski definition) is 4. The maximum Gasteiger partial charge on any atom is 0.124 e. The van der Waals surface area contributed by atoms with Crippen LogP contribution in [0.1, 0.15) is 29.4 Å². The second kappa shape index (κ2) is 7.92. The van der Waals surface area contributed by atoms with E-state index in [0.717, 1.165) is 28.6 Å². The van der Waals surface area contributed by atoms with Gasteiger partial charge in [-0.05, 0) is 37.6 Å². The van der Waals surface area contributed by atoms with Crippen molar-refractivity contribution in [2.24, 2.45) is 5.92 Å². The number of thioether (sulfide) groups is 1. The summed E-state index contributed by atoms with van der Waals surface area (Å²) in [6.07, 6.45) is 1.01. The van der Waals surface area contributed by atoms with Gasteiger partial charge in [-0.2, -0.15) is 0 Å². The summed E-state index contributed by atoms with van der Waals surface area (Å²) >= 11 is 3.40. The molecule has 0 aliphatic heterocycles. The summed E-state index contributed by atoms with van der Waals surface area (Å²) in [4.78, 5) is 7.04. The molecule has 0 bridgehead atoms. The Kier molecular flexibility index (Phi) is 6.21. The fraction of sp³-hybridized carbons (Fsp3) is 0.438. The van der Waals surface area contributed by atoms with E-state index < -0.39 is 0 Å². The van der Waals surface area contributed by atoms with Crippen molar-refractivity contribution in [3.05, 3.63) is 45.7 Å². The second-order valence-electron chi connectivity index (χ2n) is 5.35. The van der Waals surface area contributed by atoms with E-state index in [0.29, 0.717) is 5.92 Å². The van der Waals surface area contributed by atoms with E-state index in [1.54, 1.807) is 35.2 Å². The summed E-state index contributed by atoms with van der Waals surface area (Å²) in [6.45, 7) is 5.29. The molecule has 5 heteroatoms. The first-order chi connectivity index (χ1) is 10.1. The fourth-order valence-corrected chi connectivity index (χ4v) is 4.09. The molecule has 0 atom stereocenters. The van der Waals surface area contributed by atoms with Crippen LogP contribution in [0.25, 0.3) is 0 Å². The molecule has 1 N–H and O–H groups in total. The zero-order chi connectivity index (χ0) is 15.2. The van der Waals surface area contributed by atoms with Crippen molar-refractivity contribution in [1.82, 2.24) is 10.3 Å². The first-order valence-electron chi connectivity index (χ1n) is 7.09. The van der Waals surface area contributed by atoms with Gasteiger partial charge in [-0.1, -0.05) is 19.9 Å². The molecule has 0 amide bonds. The molecule has 0 spiro atoms. The minimum atomic E-state index is -0.185. The monoisotopic (exact) mass is 324 g/mol. The van der Waals surface area contributed by atoms with Crippen LogP contribution >= 0.6 is 23.1 Å². The molecule has 21 heavy (non-hydrogen) atoms. The number of rotatable bonds is 7. The molecular formula is C16H21FN2S2. The molecule has 2 nitrogen and oxygen atoms in total. The topological polar surface area (TPSA) is 24.9 Å². The molecule has 2 rings (SSSR count). The molecule has 0 saturated carbocycles. The zero-order valence-corrected chi connectivity index (χ0v) is 14.3. The first-order valence-corrected chi connectivity index (χ1v) is 8.89. The Balaban J connectivity index is 2.05. The van der Waals surface area contributed by atoms with Crippen LogP contribution in [0.3, 0.4) is 0 Å². The maximum atomic E-state index is 13.2. The minimum Gasteiger partial charge on any atom is -0.315 e. The van der Waals surface area contributed by atoms with Gasteiger partial charge in [0.1, 0.15) is 10.8 Å². The molecule has 0 radical (unpaired) electrons. The minimum absolute atomic E-state index is 0.185. The first kappa shape index (κ1) is 16.5. The highest BCUT2D eigenvalue weighted by molar-refractivity contribution is 7.98. The molecule has 0 saturated heterocycles. The normalized spacial score (nSPS) is 11.3. The number of halogens is 1. The van der Waals surface area contributed by atoms with Crippen LogP contribution in [-0.4, -0.2) is 12.0 Å². The van der Waals surface area contributed by atoms with E-state index in [4.69, 9.17) is 4.98 Å². The third-order valence-corrected chi connectivity index (χ3v) is 5.21. The number of thiazole rings is 1. The summed E-state index contributed by atoms with van der Waals surface area (Å²) in [5.74, 6) is 1.21. The summed E-state index contributed by atoms with van der Waals surface area (Å²) in [7, 11) is 1.96. The number of nitrogens with zero attached hydrogens (tertiary/aromatic N) is 1. The van der Waals surface area contributed by atoms with Crippen molar-refractivity contribution in [3.8, 4) is 0 Å². The van der Waals surface area contributed by atoms with Crippen molar-refractivity contribution >= 4 is 23.1 Å². The molecule has 2 aromatic rings. The lowest BCUT2D eigenvalue weighted by Gasteiger charge is -2.03. The third-order valence-electron chi connectivity index (χ3n) is 2.92. The van der Waals surface area contributed by atoms with Crippen LogP contribution in [0.2, 0.25) is 0 Å². The van der Waals surface area contributed by atoms with E-state index in [2.05, 4.69) is 19.2 Å². The predicted molar refractivity (Wildman–Crippen MR) is 89.4 cm³/mol. The average molecular weight is 324 g/mol. The maximum absolute atomic E-state index is 13.2. The Morgan fingerprint density at radius 3 is 2.86 bits per heavy atom. The molecular weight excluding hydrogens is 303 g/mol. The molecule has 0 unspecified atom stereocenters. The second-order valence-corrected chi connectivity index (χ2v) is 7.57. The van der Waals surface area contributed by atoms with Crippen molar-refractivity contribution in [2.45, 2.75) is 37.5 Å². The van der Waals surface area contributed by atoms with E-state index in [1.165, 1.54) is 16.6 Å². The zero-order valence-electron chi connectivity index (χ0n) is 12.6. The van der Waals surface area contributed by atoms with Crippen LogP contribution in [-0.2, 0) is 18.7 Å². The number of nitrogens with one attached hydrogen (secondary N) is 1. The quantitative estimate of drug-likeness (QED) is 0.760. The standard InChI is InChI=1S/C16H21FN2S2/c1-11(2)7-14-15(9-18-3)21-16(19-14)10-20-13-6-4-5-12(17)8-13/h4-6,8,11,18H,7,9-10H2,1-3H3. The van der Waals surface area contributed by atoms with Gasteiger partial charge in [0.05, 0.1) is 11.4 Å². The van der Waals surface area contributed by atoms with Crippen LogP contribution in [0.5, 0.6) is 0 Å². The summed E-state index contributed by atoms with van der Waals surface area (Å²) in [5.41, 5.74) is 1.21. The average Bonchev–Trinajstić information content (AvgIpc) is 2.78. The SMILES string of the molecule is CNCc1sc(CSc2cccc(F)c2)nc1CC(C)C. The molecule has 1 aromatic heterocycles. The van der Waals surface area contributed by atoms with Crippen LogP contribution in [0.4, 0.5) is 4.39 Å². The number of benzene rings is 1. The van der Waals surface area contributed by atoms with Gasteiger partial charge in [-0.25, -0.2) is 9.37 Å². The lowest BCUT2D eigenvalue weighted by molar-refractivity contribution is 0.624. The van der Waals surface area contributed by atoms with Gasteiger partial charge in [0.15, 0.2) is 0 Å². The van der Waals surface area contributed by atoms with Crippen molar-refractivity contribution in [1.29, 1.82) is 0 Å². The molecule has 0 aliphatic carbocycles. The predicted octanol–water partition coefficient (Wildman–Crippen LogP) is 4.49. The Bertz CT molecular complexity index is 581. The van der Waals surface area contributed by atoms with Gasteiger partial charge in [-0.15, -0.1) is 23.1 Å². The molecule has 1 heterocycles. The van der Waals surface area contributed by atoms with Gasteiger partial charge in [0.25, 0.3) is 0 Å². The number of aromatic nitrogens is 1. The highest BCUT2D eigenvalue weighted by Crippen LogP contribution is 2.28. The summed E-state index contributed by atoms with van der Waals surface area (Å²) in [6, 6.07) is 6.72. The summed E-state index contributed by atoms with van der Waals surface area (Å²) < 4.78 is 13.2. The third kappa shape index (κ3) is 5.09. The Morgan fingerprint density at radius 2 is 2.19 bits per heavy atom. The van der Waals surface area contributed by atoms with Gasteiger partial charge in [0.2, 0.25) is 0 Å². The van der Waals surface area contributed by atoms with Gasteiger partial charge in [0, 0.05) is 16.3 Å². The smallest absolute Gasteiger partial charge is 0.124 e. The fourth-order valence-electron chi connectivity index (χ4n) is 2.05. The molecule has 0 fully saturated rings. The van der Waals surface area contributed by atoms with E-state index >= 15 is 0 Å². The lowest BCUT2D eigenvalue weighted by Crippen LogP contribution is -2.07. The van der Waals surface area contributed by atoms with Crippen molar-refractivity contribution < 1.29 is 4.39 Å². The highest BCUT2D eigenvalue weighted by Gasteiger charge is 2.12. The van der Waals surface area contributed by atoms with Crippen LogP contribution in [0.15, 0.2) is 29.2 Å². The number of hydrogen-bond donors (Lipinski definition) is 1. The molecule has 114 valence electrons. The summed E-state index contributed by atoms with van der Waals surface area (Å²) in [5, 5.41) is 4.32. The van der Waals surface area contributed by atoms with Gasteiger partial charge < -0.3 is 5.32 Å². The van der Waals surface area contributed by atoms with Crippen LogP contribution in [0, 0.1) is 11.7 Å². The van der Waals surface area contributed by atoms with E-state index in [-0.39, 0.29) is 5.82 Å². The largest absolute Gasteiger partial charge is 0.315 e.